The van der Waals surface area contributed by atoms with E-state index in [1.807, 2.05) is 157 Å². The Hall–Kier alpha value is -4.67. The largest absolute Gasteiger partial charge is 0.374 e. The van der Waals surface area contributed by atoms with Crippen LogP contribution in [-0.2, 0) is 66.2 Å². The normalized spacial score (nSPS) is 22.1. The molecule has 2 bridgehead atoms. The molecule has 3 heterocycles. The molecule has 0 N–H and O–H groups in total. The van der Waals surface area contributed by atoms with Crippen molar-refractivity contribution in [3.63, 3.8) is 0 Å². The summed E-state index contributed by atoms with van der Waals surface area (Å²) in [5.41, 5.74) is 5.10. The summed E-state index contributed by atoms with van der Waals surface area (Å²) in [7, 11) is 1.53. The van der Waals surface area contributed by atoms with E-state index in [2.05, 4.69) is 0 Å². The lowest BCUT2D eigenvalue weighted by atomic mass is 9.82. The fourth-order valence-electron chi connectivity index (χ4n) is 7.24. The summed E-state index contributed by atoms with van der Waals surface area (Å²) in [4.78, 5) is 16.3. The van der Waals surface area contributed by atoms with Gasteiger partial charge >= 0.3 is 0 Å². The minimum atomic E-state index is -1.58. The van der Waals surface area contributed by atoms with Gasteiger partial charge in [0, 0.05) is 20.1 Å². The molecule has 3 aliphatic heterocycles. The molecular formula is C45H47NO7. The van der Waals surface area contributed by atoms with Crippen molar-refractivity contribution in [3.05, 3.63) is 179 Å². The minimum Gasteiger partial charge on any atom is -0.374 e. The summed E-state index contributed by atoms with van der Waals surface area (Å²) in [6.45, 7) is 1.96. The van der Waals surface area contributed by atoms with E-state index < -0.39 is 36.2 Å². The van der Waals surface area contributed by atoms with E-state index in [4.69, 9.17) is 28.4 Å². The van der Waals surface area contributed by atoms with Gasteiger partial charge in [-0.3, -0.25) is 4.79 Å². The number of carbonyl (C=O) groups is 1. The molecule has 3 saturated heterocycles. The number of hydrogen-bond acceptors (Lipinski definition) is 7. The number of fused-ring (bicyclic) bond motifs is 3. The quantitative estimate of drug-likeness (QED) is 0.0931. The highest BCUT2D eigenvalue weighted by molar-refractivity contribution is 5.86. The molecule has 53 heavy (non-hydrogen) atoms. The Morgan fingerprint density at radius 2 is 1.11 bits per heavy atom. The molecule has 0 aromatic heterocycles. The first-order valence-electron chi connectivity index (χ1n) is 18.3. The molecular weight excluding hydrogens is 666 g/mol. The molecule has 6 atom stereocenters. The average Bonchev–Trinajstić information content (AvgIpc) is 3.22. The lowest BCUT2D eigenvalue weighted by molar-refractivity contribution is -0.344. The molecule has 0 aliphatic carbocycles. The molecule has 5 aromatic rings. The van der Waals surface area contributed by atoms with Crippen LogP contribution in [0.2, 0.25) is 0 Å². The lowest BCUT2D eigenvalue weighted by Crippen LogP contribution is -2.77. The Morgan fingerprint density at radius 3 is 1.64 bits per heavy atom. The van der Waals surface area contributed by atoms with E-state index in [-0.39, 0.29) is 18.9 Å². The van der Waals surface area contributed by atoms with E-state index >= 15 is 0 Å². The molecule has 0 radical (unpaired) electrons. The van der Waals surface area contributed by atoms with Crippen molar-refractivity contribution < 1.29 is 33.2 Å². The zero-order chi connectivity index (χ0) is 36.3. The molecule has 8 rings (SSSR count). The number of nitrogens with zero attached hydrogens (tertiary/aromatic N) is 1. The van der Waals surface area contributed by atoms with Gasteiger partial charge in [-0.25, -0.2) is 0 Å². The topological polar surface area (TPSA) is 75.7 Å². The number of hydrogen-bond donors (Lipinski definition) is 0. The van der Waals surface area contributed by atoms with Crippen molar-refractivity contribution >= 4 is 5.91 Å². The second-order valence-corrected chi connectivity index (χ2v) is 13.6. The first kappa shape index (κ1) is 36.7. The van der Waals surface area contributed by atoms with Crippen LogP contribution in [0.3, 0.4) is 0 Å². The predicted octanol–water partition coefficient (Wildman–Crippen LogP) is 7.50. The van der Waals surface area contributed by atoms with Gasteiger partial charge in [0.1, 0.15) is 18.3 Å². The van der Waals surface area contributed by atoms with Gasteiger partial charge in [-0.15, -0.1) is 0 Å². The van der Waals surface area contributed by atoms with Gasteiger partial charge in [-0.2, -0.15) is 0 Å². The van der Waals surface area contributed by atoms with Crippen LogP contribution in [0.15, 0.2) is 152 Å². The minimum absolute atomic E-state index is 0.218. The van der Waals surface area contributed by atoms with Crippen molar-refractivity contribution in [2.75, 3.05) is 13.7 Å². The second-order valence-electron chi connectivity index (χ2n) is 13.6. The number of carbonyl (C=O) groups excluding carboxylic acids is 1. The Balaban J connectivity index is 1.26. The maximum atomic E-state index is 14.4. The lowest BCUT2D eigenvalue weighted by Gasteiger charge is -2.58. The Morgan fingerprint density at radius 1 is 0.642 bits per heavy atom. The summed E-state index contributed by atoms with van der Waals surface area (Å²) in [5.74, 6) is -1.81. The fraction of sp³-hybridized carbons (Fsp3) is 0.311. The number of piperidine rings is 1. The smallest absolute Gasteiger partial charge is 0.283 e. The highest BCUT2D eigenvalue weighted by atomic mass is 16.7. The van der Waals surface area contributed by atoms with E-state index in [1.165, 1.54) is 7.11 Å². The first-order valence-corrected chi connectivity index (χ1v) is 18.3. The van der Waals surface area contributed by atoms with Crippen LogP contribution >= 0.6 is 0 Å². The maximum Gasteiger partial charge on any atom is 0.283 e. The second kappa shape index (κ2) is 17.9. The summed E-state index contributed by atoms with van der Waals surface area (Å²) < 4.78 is 39.8. The molecule has 8 heteroatoms. The van der Waals surface area contributed by atoms with Gasteiger partial charge in [0.2, 0.25) is 0 Å². The van der Waals surface area contributed by atoms with Gasteiger partial charge in [0.25, 0.3) is 11.7 Å². The average molecular weight is 714 g/mol. The van der Waals surface area contributed by atoms with Crippen molar-refractivity contribution in [2.45, 2.75) is 75.6 Å². The van der Waals surface area contributed by atoms with Gasteiger partial charge < -0.3 is 33.3 Å². The maximum absolute atomic E-state index is 14.4. The number of benzene rings is 5. The molecule has 8 nitrogen and oxygen atoms in total. The fourth-order valence-corrected chi connectivity index (χ4v) is 7.24. The molecule has 1 amide bonds. The highest BCUT2D eigenvalue weighted by Crippen LogP contribution is 2.45. The number of amides is 1. The number of methoxy groups -OCH3 is 1. The van der Waals surface area contributed by atoms with Crippen LogP contribution in [-0.4, -0.2) is 60.8 Å². The zero-order valence-electron chi connectivity index (χ0n) is 30.1. The summed E-state index contributed by atoms with van der Waals surface area (Å²) in [6.07, 6.45) is -2.17. The van der Waals surface area contributed by atoms with Crippen molar-refractivity contribution in [1.29, 1.82) is 0 Å². The Kier molecular flexibility index (Phi) is 12.4. The molecule has 3 aliphatic rings. The van der Waals surface area contributed by atoms with Gasteiger partial charge in [0.05, 0.1) is 45.2 Å². The molecule has 0 unspecified atom stereocenters. The van der Waals surface area contributed by atoms with Crippen LogP contribution in [0.1, 0.15) is 34.2 Å². The summed E-state index contributed by atoms with van der Waals surface area (Å²) in [6, 6.07) is 49.7. The van der Waals surface area contributed by atoms with E-state index in [9.17, 15) is 4.79 Å². The number of rotatable bonds is 18. The Labute approximate surface area is 312 Å². The number of morpholine rings is 1. The Bertz CT molecular complexity index is 1830. The molecule has 5 aromatic carbocycles. The van der Waals surface area contributed by atoms with Crippen molar-refractivity contribution in [3.8, 4) is 0 Å². The van der Waals surface area contributed by atoms with Gasteiger partial charge in [0.15, 0.2) is 0 Å². The third-order valence-corrected chi connectivity index (χ3v) is 9.97. The number of ether oxygens (including phenoxy) is 6. The molecule has 0 saturated carbocycles. The molecule has 274 valence electrons. The third kappa shape index (κ3) is 9.11. The molecule has 3 fully saturated rings. The van der Waals surface area contributed by atoms with Crippen molar-refractivity contribution in [2.24, 2.45) is 0 Å². The van der Waals surface area contributed by atoms with Crippen LogP contribution in [0.25, 0.3) is 0 Å². The first-order chi connectivity index (χ1) is 26.1. The summed E-state index contributed by atoms with van der Waals surface area (Å²) in [5, 5.41) is 0. The third-order valence-electron chi connectivity index (χ3n) is 9.97. The monoisotopic (exact) mass is 713 g/mol. The van der Waals surface area contributed by atoms with E-state index in [0.717, 1.165) is 27.8 Å². The van der Waals surface area contributed by atoms with Crippen LogP contribution < -0.4 is 0 Å². The standard InChI is InChI=1S/C45H47NO7/c1-48-45-27-39(50-30-36-21-11-4-12-22-36)41(46(44(45)47)28-34-17-7-2-8-18-34)43(53-45)42(52-32-38-25-15-6-16-26-38)40(51-31-37-23-13-5-14-24-37)33-49-29-35-19-9-3-10-20-35/h2-26,39-43H,27-33H2,1H3/t39-,40+,41+,42+,43+,45+/m0/s1. The van der Waals surface area contributed by atoms with Crippen molar-refractivity contribution in [1.82, 2.24) is 4.90 Å². The predicted molar refractivity (Wildman–Crippen MR) is 201 cm³/mol. The van der Waals surface area contributed by atoms with E-state index in [0.29, 0.717) is 33.0 Å². The highest BCUT2D eigenvalue weighted by Gasteiger charge is 2.64. The SMILES string of the molecule is CO[C@]12C[C@H](OCc3ccccc3)[C@H]([C@H]([C@H](OCc3ccccc3)[C@@H](COCc3ccccc3)OCc3ccccc3)O1)N(Cc1ccccc1)C2=O. The summed E-state index contributed by atoms with van der Waals surface area (Å²) >= 11 is 0. The van der Waals surface area contributed by atoms with Crippen LogP contribution in [0.4, 0.5) is 0 Å². The van der Waals surface area contributed by atoms with Crippen LogP contribution in [0, 0.1) is 0 Å². The van der Waals surface area contributed by atoms with Gasteiger partial charge in [-0.1, -0.05) is 152 Å². The van der Waals surface area contributed by atoms with E-state index in [1.54, 1.807) is 0 Å². The van der Waals surface area contributed by atoms with Gasteiger partial charge in [-0.05, 0) is 27.8 Å². The zero-order valence-corrected chi connectivity index (χ0v) is 30.1. The van der Waals surface area contributed by atoms with Crippen LogP contribution in [0.5, 0.6) is 0 Å². The molecule has 0 spiro atoms.